The molecular weight excluding hydrogens is 432 g/mol. The number of methoxy groups -OCH3 is 1. The van der Waals surface area contributed by atoms with Gasteiger partial charge in [-0.2, -0.15) is 5.10 Å². The molecular formula is C21H16Cl2FN3O3. The Labute approximate surface area is 182 Å². The minimum absolute atomic E-state index is 0.0811. The van der Waals surface area contributed by atoms with Crippen LogP contribution in [-0.4, -0.2) is 24.2 Å². The van der Waals surface area contributed by atoms with Gasteiger partial charge in [0.25, 0.3) is 5.91 Å². The molecule has 0 unspecified atom stereocenters. The van der Waals surface area contributed by atoms with Crippen molar-refractivity contribution in [3.8, 4) is 11.5 Å². The van der Waals surface area contributed by atoms with Crippen LogP contribution in [0.25, 0.3) is 0 Å². The predicted molar refractivity (Wildman–Crippen MR) is 113 cm³/mol. The number of amides is 1. The first-order chi connectivity index (χ1) is 14.5. The SMILES string of the molecule is COc1cc(C=NNC(=O)c2cccnc2Cl)cc(Cl)c1OCc1ccc(F)cc1. The fourth-order valence-corrected chi connectivity index (χ4v) is 2.95. The molecule has 0 radical (unpaired) electrons. The second-order valence-corrected chi connectivity index (χ2v) is 6.76. The van der Waals surface area contributed by atoms with Crippen molar-refractivity contribution in [3.05, 3.63) is 87.4 Å². The second-order valence-electron chi connectivity index (χ2n) is 5.99. The summed E-state index contributed by atoms with van der Waals surface area (Å²) >= 11 is 12.2. The first-order valence-corrected chi connectivity index (χ1v) is 9.42. The zero-order chi connectivity index (χ0) is 21.5. The molecule has 2 aromatic carbocycles. The number of nitrogens with one attached hydrogen (secondary N) is 1. The number of aromatic nitrogens is 1. The highest BCUT2D eigenvalue weighted by molar-refractivity contribution is 6.33. The Morgan fingerprint density at radius 2 is 2.00 bits per heavy atom. The molecule has 1 aromatic heterocycles. The summed E-state index contributed by atoms with van der Waals surface area (Å²) in [5.41, 5.74) is 3.92. The Morgan fingerprint density at radius 1 is 1.23 bits per heavy atom. The molecule has 3 aromatic rings. The van der Waals surface area contributed by atoms with Crippen LogP contribution in [0.1, 0.15) is 21.5 Å². The van der Waals surface area contributed by atoms with Crippen molar-refractivity contribution in [2.24, 2.45) is 5.10 Å². The van der Waals surface area contributed by atoms with Crippen LogP contribution < -0.4 is 14.9 Å². The zero-order valence-corrected chi connectivity index (χ0v) is 17.2. The zero-order valence-electron chi connectivity index (χ0n) is 15.7. The molecule has 154 valence electrons. The summed E-state index contributed by atoms with van der Waals surface area (Å²) < 4.78 is 24.1. The largest absolute Gasteiger partial charge is 0.493 e. The van der Waals surface area contributed by atoms with Crippen molar-refractivity contribution in [3.63, 3.8) is 0 Å². The molecule has 3 rings (SSSR count). The van der Waals surface area contributed by atoms with Gasteiger partial charge in [0.15, 0.2) is 11.5 Å². The van der Waals surface area contributed by atoms with E-state index in [4.69, 9.17) is 32.7 Å². The number of rotatable bonds is 7. The van der Waals surface area contributed by atoms with Crippen LogP contribution in [0, 0.1) is 5.82 Å². The van der Waals surface area contributed by atoms with Crippen molar-refractivity contribution < 1.29 is 18.7 Å². The maximum Gasteiger partial charge on any atom is 0.274 e. The number of halogens is 3. The van der Waals surface area contributed by atoms with E-state index in [0.717, 1.165) is 5.56 Å². The Morgan fingerprint density at radius 3 is 2.70 bits per heavy atom. The topological polar surface area (TPSA) is 72.8 Å². The minimum atomic E-state index is -0.498. The van der Waals surface area contributed by atoms with Gasteiger partial charge in [-0.25, -0.2) is 14.8 Å². The molecule has 0 aliphatic heterocycles. The third-order valence-electron chi connectivity index (χ3n) is 3.93. The molecule has 6 nitrogen and oxygen atoms in total. The van der Waals surface area contributed by atoms with E-state index in [-0.39, 0.29) is 23.1 Å². The molecule has 1 amide bonds. The third-order valence-corrected chi connectivity index (χ3v) is 4.51. The number of pyridine rings is 1. The number of carbonyl (C=O) groups excluding carboxylic acids is 1. The highest BCUT2D eigenvalue weighted by Crippen LogP contribution is 2.36. The van der Waals surface area contributed by atoms with Crippen molar-refractivity contribution in [1.29, 1.82) is 0 Å². The Kier molecular flexibility index (Phi) is 7.21. The molecule has 0 atom stereocenters. The van der Waals surface area contributed by atoms with Crippen LogP contribution in [0.5, 0.6) is 11.5 Å². The number of hydrogen-bond donors (Lipinski definition) is 1. The standard InChI is InChI=1S/C21H16Cl2FN3O3/c1-29-18-10-14(11-26-27-21(28)16-3-2-8-25-20(16)23)9-17(22)19(18)30-12-13-4-6-15(24)7-5-13/h2-11H,12H2,1H3,(H,27,28). The van der Waals surface area contributed by atoms with Crippen molar-refractivity contribution >= 4 is 35.3 Å². The van der Waals surface area contributed by atoms with Gasteiger partial charge in [0.2, 0.25) is 0 Å². The molecule has 30 heavy (non-hydrogen) atoms. The monoisotopic (exact) mass is 447 g/mol. The molecule has 0 saturated carbocycles. The molecule has 1 heterocycles. The highest BCUT2D eigenvalue weighted by Gasteiger charge is 2.13. The lowest BCUT2D eigenvalue weighted by Gasteiger charge is -2.13. The number of nitrogens with zero attached hydrogens (tertiary/aromatic N) is 2. The van der Waals surface area contributed by atoms with Gasteiger partial charge in [0, 0.05) is 6.20 Å². The maximum absolute atomic E-state index is 13.0. The van der Waals surface area contributed by atoms with Gasteiger partial charge >= 0.3 is 0 Å². The molecule has 0 aliphatic carbocycles. The van der Waals surface area contributed by atoms with Gasteiger partial charge < -0.3 is 9.47 Å². The number of benzene rings is 2. The normalized spacial score (nSPS) is 10.8. The first kappa shape index (κ1) is 21.5. The van der Waals surface area contributed by atoms with Crippen LogP contribution in [0.3, 0.4) is 0 Å². The summed E-state index contributed by atoms with van der Waals surface area (Å²) in [5.74, 6) is -0.0999. The number of carbonyl (C=O) groups is 1. The Balaban J connectivity index is 1.70. The van der Waals surface area contributed by atoms with Gasteiger partial charge in [-0.15, -0.1) is 0 Å². The summed E-state index contributed by atoms with van der Waals surface area (Å²) in [6.07, 6.45) is 2.89. The van der Waals surface area contributed by atoms with Crippen molar-refractivity contribution in [1.82, 2.24) is 10.4 Å². The maximum atomic E-state index is 13.0. The van der Waals surface area contributed by atoms with Crippen LogP contribution in [-0.2, 0) is 6.61 Å². The molecule has 0 saturated heterocycles. The van der Waals surface area contributed by atoms with E-state index in [0.29, 0.717) is 22.1 Å². The van der Waals surface area contributed by atoms with Crippen molar-refractivity contribution in [2.45, 2.75) is 6.61 Å². The van der Waals surface area contributed by atoms with Crippen LogP contribution in [0.4, 0.5) is 4.39 Å². The van der Waals surface area contributed by atoms with E-state index in [1.165, 1.54) is 37.7 Å². The van der Waals surface area contributed by atoms with E-state index in [1.807, 2.05) is 0 Å². The summed E-state index contributed by atoms with van der Waals surface area (Å²) in [5, 5.41) is 4.28. The van der Waals surface area contributed by atoms with Gasteiger partial charge in [-0.3, -0.25) is 4.79 Å². The van der Waals surface area contributed by atoms with Gasteiger partial charge in [0.05, 0.1) is 23.9 Å². The summed E-state index contributed by atoms with van der Waals surface area (Å²) in [6.45, 7) is 0.186. The van der Waals surface area contributed by atoms with Gasteiger partial charge in [-0.1, -0.05) is 35.3 Å². The molecule has 0 spiro atoms. The lowest BCUT2D eigenvalue weighted by atomic mass is 10.2. The Hall–Kier alpha value is -3.16. The smallest absolute Gasteiger partial charge is 0.274 e. The van der Waals surface area contributed by atoms with E-state index < -0.39 is 5.91 Å². The van der Waals surface area contributed by atoms with Gasteiger partial charge in [0.1, 0.15) is 17.6 Å². The predicted octanol–water partition coefficient (Wildman–Crippen LogP) is 4.88. The van der Waals surface area contributed by atoms with Gasteiger partial charge in [-0.05, 0) is 47.5 Å². The highest BCUT2D eigenvalue weighted by atomic mass is 35.5. The minimum Gasteiger partial charge on any atom is -0.493 e. The molecule has 0 aliphatic rings. The first-order valence-electron chi connectivity index (χ1n) is 8.66. The second kappa shape index (κ2) is 10.0. The average Bonchev–Trinajstić information content (AvgIpc) is 2.74. The number of hydrazone groups is 1. The summed E-state index contributed by atoms with van der Waals surface area (Å²) in [6, 6.07) is 12.3. The number of hydrogen-bond acceptors (Lipinski definition) is 5. The summed E-state index contributed by atoms with van der Waals surface area (Å²) in [4.78, 5) is 15.9. The van der Waals surface area contributed by atoms with E-state index in [1.54, 1.807) is 30.3 Å². The quantitative estimate of drug-likeness (QED) is 0.318. The average molecular weight is 448 g/mol. The fourth-order valence-electron chi connectivity index (χ4n) is 2.47. The van der Waals surface area contributed by atoms with E-state index in [2.05, 4.69) is 15.5 Å². The molecule has 9 heteroatoms. The molecule has 0 fully saturated rings. The molecule has 1 N–H and O–H groups in total. The van der Waals surface area contributed by atoms with Crippen LogP contribution >= 0.6 is 23.2 Å². The fraction of sp³-hybridized carbons (Fsp3) is 0.0952. The number of ether oxygens (including phenoxy) is 2. The van der Waals surface area contributed by atoms with Crippen LogP contribution in [0.15, 0.2) is 59.8 Å². The lowest BCUT2D eigenvalue weighted by molar-refractivity contribution is 0.0955. The molecule has 0 bridgehead atoms. The Bertz CT molecular complexity index is 1080. The summed E-state index contributed by atoms with van der Waals surface area (Å²) in [7, 11) is 1.48. The van der Waals surface area contributed by atoms with E-state index in [9.17, 15) is 9.18 Å². The van der Waals surface area contributed by atoms with Crippen molar-refractivity contribution in [2.75, 3.05) is 7.11 Å². The van der Waals surface area contributed by atoms with E-state index >= 15 is 0 Å². The van der Waals surface area contributed by atoms with Crippen LogP contribution in [0.2, 0.25) is 10.2 Å². The third kappa shape index (κ3) is 5.46. The lowest BCUT2D eigenvalue weighted by Crippen LogP contribution is -2.18.